The van der Waals surface area contributed by atoms with E-state index in [9.17, 15) is 14.4 Å². The molecule has 2 amide bonds. The lowest BCUT2D eigenvalue weighted by Crippen LogP contribution is -2.30. The van der Waals surface area contributed by atoms with Gasteiger partial charge in [0, 0.05) is 18.7 Å². The van der Waals surface area contributed by atoms with Gasteiger partial charge in [0.15, 0.2) is 18.1 Å². The van der Waals surface area contributed by atoms with E-state index in [1.165, 1.54) is 24.1 Å². The smallest absolute Gasteiger partial charge is 0.308 e. The average Bonchev–Trinajstić information content (AvgIpc) is 3.02. The molecule has 10 heteroatoms. The van der Waals surface area contributed by atoms with Crippen LogP contribution < -0.4 is 15.2 Å². The van der Waals surface area contributed by atoms with Crippen molar-refractivity contribution in [2.24, 2.45) is 11.7 Å². The second-order valence-corrected chi connectivity index (χ2v) is 5.73. The Morgan fingerprint density at radius 3 is 2.60 bits per heavy atom. The van der Waals surface area contributed by atoms with Crippen LogP contribution in [0.25, 0.3) is 0 Å². The van der Waals surface area contributed by atoms with Crippen LogP contribution in [0.5, 0.6) is 11.5 Å². The zero-order chi connectivity index (χ0) is 17.9. The largest absolute Gasteiger partial charge is 0.493 e. The summed E-state index contributed by atoms with van der Waals surface area (Å²) in [6.07, 6.45) is 0.408. The fraction of sp³-hybridized carbons (Fsp3) is 0.400. The molecule has 2 rings (SSSR count). The molecule has 3 N–H and O–H groups in total. The Balaban J connectivity index is 0.00000312. The molecule has 1 saturated heterocycles. The SMILES string of the molecule is COc1cc(C(=O)N2CCC(C(=O)O)C2)cc(Cl)c1OCC(N)=O.Cl. The van der Waals surface area contributed by atoms with Crippen LogP contribution >= 0.6 is 24.0 Å². The van der Waals surface area contributed by atoms with Crippen molar-refractivity contribution in [3.05, 3.63) is 22.7 Å². The summed E-state index contributed by atoms with van der Waals surface area (Å²) in [5, 5.41) is 9.11. The minimum Gasteiger partial charge on any atom is -0.493 e. The van der Waals surface area contributed by atoms with E-state index in [0.29, 0.717) is 13.0 Å². The van der Waals surface area contributed by atoms with Gasteiger partial charge in [0.25, 0.3) is 11.8 Å². The van der Waals surface area contributed by atoms with Gasteiger partial charge in [-0.15, -0.1) is 12.4 Å². The summed E-state index contributed by atoms with van der Waals surface area (Å²) in [6.45, 7) is 0.124. The number of ether oxygens (including phenoxy) is 2. The summed E-state index contributed by atoms with van der Waals surface area (Å²) >= 11 is 6.10. The number of nitrogens with two attached hydrogens (primary N) is 1. The van der Waals surface area contributed by atoms with Gasteiger partial charge in [0.05, 0.1) is 18.1 Å². The van der Waals surface area contributed by atoms with Crippen molar-refractivity contribution in [3.63, 3.8) is 0 Å². The highest BCUT2D eigenvalue weighted by atomic mass is 35.5. The monoisotopic (exact) mass is 392 g/mol. The van der Waals surface area contributed by atoms with Gasteiger partial charge in [0.2, 0.25) is 0 Å². The maximum absolute atomic E-state index is 12.5. The summed E-state index contributed by atoms with van der Waals surface area (Å²) in [6, 6.07) is 2.81. The van der Waals surface area contributed by atoms with Crippen LogP contribution in [0, 0.1) is 5.92 Å². The van der Waals surface area contributed by atoms with Gasteiger partial charge in [-0.25, -0.2) is 0 Å². The first-order valence-corrected chi connectivity index (χ1v) is 7.52. The predicted octanol–water partition coefficient (Wildman–Crippen LogP) is 1.18. The van der Waals surface area contributed by atoms with Gasteiger partial charge in [-0.05, 0) is 18.6 Å². The van der Waals surface area contributed by atoms with E-state index in [0.717, 1.165) is 0 Å². The molecule has 1 aromatic carbocycles. The number of aliphatic carboxylic acids is 1. The van der Waals surface area contributed by atoms with Gasteiger partial charge in [0.1, 0.15) is 0 Å². The van der Waals surface area contributed by atoms with Crippen molar-refractivity contribution in [2.45, 2.75) is 6.42 Å². The summed E-state index contributed by atoms with van der Waals surface area (Å²) in [5.74, 6) is -2.22. The number of carbonyl (C=O) groups excluding carboxylic acids is 2. The molecule has 1 unspecified atom stereocenters. The molecule has 0 saturated carbocycles. The number of likely N-dealkylation sites (tertiary alicyclic amines) is 1. The lowest BCUT2D eigenvalue weighted by atomic mass is 10.1. The van der Waals surface area contributed by atoms with Crippen molar-refractivity contribution in [3.8, 4) is 11.5 Å². The minimum absolute atomic E-state index is 0. The summed E-state index contributed by atoms with van der Waals surface area (Å²) in [7, 11) is 1.37. The van der Waals surface area contributed by atoms with E-state index < -0.39 is 17.8 Å². The predicted molar refractivity (Wildman–Crippen MR) is 91.6 cm³/mol. The van der Waals surface area contributed by atoms with Crippen molar-refractivity contribution >= 4 is 41.8 Å². The van der Waals surface area contributed by atoms with Crippen molar-refractivity contribution < 1.29 is 29.0 Å². The van der Waals surface area contributed by atoms with Gasteiger partial charge in [-0.1, -0.05) is 11.6 Å². The topological polar surface area (TPSA) is 119 Å². The maximum Gasteiger partial charge on any atom is 0.308 e. The van der Waals surface area contributed by atoms with Crippen molar-refractivity contribution in [1.29, 1.82) is 0 Å². The Morgan fingerprint density at radius 2 is 2.08 bits per heavy atom. The number of carbonyl (C=O) groups is 3. The molecule has 0 aliphatic carbocycles. The number of amides is 2. The molecule has 138 valence electrons. The number of hydrogen-bond donors (Lipinski definition) is 2. The maximum atomic E-state index is 12.5. The second-order valence-electron chi connectivity index (χ2n) is 5.32. The molecule has 0 aromatic heterocycles. The van der Waals surface area contributed by atoms with Crippen LogP contribution in [0.3, 0.4) is 0 Å². The van der Waals surface area contributed by atoms with Crippen LogP contribution in [0.2, 0.25) is 5.02 Å². The fourth-order valence-electron chi connectivity index (χ4n) is 2.46. The summed E-state index contributed by atoms with van der Waals surface area (Å²) < 4.78 is 10.3. The van der Waals surface area contributed by atoms with Crippen LogP contribution in [0.1, 0.15) is 16.8 Å². The van der Waals surface area contributed by atoms with Crippen LogP contribution in [0.4, 0.5) is 0 Å². The third kappa shape index (κ3) is 4.90. The number of carboxylic acid groups (broad SMARTS) is 1. The van der Waals surface area contributed by atoms with Crippen LogP contribution in [-0.4, -0.2) is 54.6 Å². The molecule has 1 fully saturated rings. The first kappa shape index (κ1) is 20.9. The lowest BCUT2D eigenvalue weighted by molar-refractivity contribution is -0.141. The number of methoxy groups -OCH3 is 1. The normalized spacial score (nSPS) is 16.1. The van der Waals surface area contributed by atoms with E-state index in [1.54, 1.807) is 0 Å². The van der Waals surface area contributed by atoms with E-state index >= 15 is 0 Å². The number of nitrogens with zero attached hydrogens (tertiary/aromatic N) is 1. The number of hydrogen-bond acceptors (Lipinski definition) is 5. The number of carboxylic acids is 1. The highest BCUT2D eigenvalue weighted by Gasteiger charge is 2.32. The van der Waals surface area contributed by atoms with Gasteiger partial charge in [-0.3, -0.25) is 14.4 Å². The van der Waals surface area contributed by atoms with Crippen molar-refractivity contribution in [1.82, 2.24) is 4.90 Å². The van der Waals surface area contributed by atoms with E-state index in [4.69, 9.17) is 31.9 Å². The molecule has 1 aromatic rings. The van der Waals surface area contributed by atoms with Crippen molar-refractivity contribution in [2.75, 3.05) is 26.8 Å². The number of primary amides is 1. The Labute approximate surface area is 155 Å². The molecule has 0 spiro atoms. The quantitative estimate of drug-likeness (QED) is 0.749. The molecule has 8 nitrogen and oxygen atoms in total. The molecule has 25 heavy (non-hydrogen) atoms. The van der Waals surface area contributed by atoms with E-state index in [1.807, 2.05) is 0 Å². The zero-order valence-electron chi connectivity index (χ0n) is 13.4. The molecular weight excluding hydrogens is 375 g/mol. The standard InChI is InChI=1S/C15H17ClN2O6.ClH/c1-23-11-5-9(4-10(16)13(11)24-7-12(17)19)14(20)18-3-2-8(6-18)15(21)22;/h4-5,8H,2-3,6-7H2,1H3,(H2,17,19)(H,21,22);1H. The highest BCUT2D eigenvalue weighted by Crippen LogP contribution is 2.37. The highest BCUT2D eigenvalue weighted by molar-refractivity contribution is 6.32. The first-order valence-electron chi connectivity index (χ1n) is 7.14. The molecule has 1 aliphatic heterocycles. The molecule has 1 aliphatic rings. The third-order valence-electron chi connectivity index (χ3n) is 3.66. The lowest BCUT2D eigenvalue weighted by Gasteiger charge is -2.18. The Bertz CT molecular complexity index is 682. The molecule has 0 bridgehead atoms. The van der Waals surface area contributed by atoms with Crippen LogP contribution in [-0.2, 0) is 9.59 Å². The fourth-order valence-corrected chi connectivity index (χ4v) is 2.72. The summed E-state index contributed by atoms with van der Waals surface area (Å²) in [5.41, 5.74) is 5.27. The third-order valence-corrected chi connectivity index (χ3v) is 3.94. The van der Waals surface area contributed by atoms with Crippen LogP contribution in [0.15, 0.2) is 12.1 Å². The minimum atomic E-state index is -0.920. The Kier molecular flexibility index (Phi) is 7.32. The van der Waals surface area contributed by atoms with Gasteiger partial charge in [-0.2, -0.15) is 0 Å². The van der Waals surface area contributed by atoms with E-state index in [-0.39, 0.29) is 53.6 Å². The molecule has 1 atom stereocenters. The average molecular weight is 393 g/mol. The number of halogens is 2. The number of benzene rings is 1. The Morgan fingerprint density at radius 1 is 1.40 bits per heavy atom. The zero-order valence-corrected chi connectivity index (χ0v) is 14.9. The van der Waals surface area contributed by atoms with Gasteiger partial charge < -0.3 is 25.2 Å². The second kappa shape index (κ2) is 8.77. The summed E-state index contributed by atoms with van der Waals surface area (Å²) in [4.78, 5) is 35.8. The van der Waals surface area contributed by atoms with Gasteiger partial charge >= 0.3 is 5.97 Å². The van der Waals surface area contributed by atoms with E-state index in [2.05, 4.69) is 0 Å². The molecule has 1 heterocycles. The number of rotatable bonds is 6. The molecular formula is C15H18Cl2N2O6. The molecule has 0 radical (unpaired) electrons. The first-order chi connectivity index (χ1) is 11.3. The Hall–Kier alpha value is -2.19.